The lowest BCUT2D eigenvalue weighted by Gasteiger charge is -2.25. The van der Waals surface area contributed by atoms with Gasteiger partial charge in [-0.05, 0) is 42.3 Å². The van der Waals surface area contributed by atoms with Gasteiger partial charge in [-0.3, -0.25) is 4.79 Å². The summed E-state index contributed by atoms with van der Waals surface area (Å²) in [5.41, 5.74) is 2.54. The van der Waals surface area contributed by atoms with Crippen LogP contribution in [0.15, 0.2) is 61.2 Å². The van der Waals surface area contributed by atoms with Crippen LogP contribution in [0.3, 0.4) is 0 Å². The average Bonchev–Trinajstić information content (AvgIpc) is 3.14. The Morgan fingerprint density at radius 3 is 2.44 bits per heavy atom. The van der Waals surface area contributed by atoms with Gasteiger partial charge in [0.05, 0.1) is 12.6 Å². The molecular weight excluding hydrogens is 319 g/mol. The number of benzene rings is 2. The van der Waals surface area contributed by atoms with Gasteiger partial charge in [-0.2, -0.15) is 5.10 Å². The van der Waals surface area contributed by atoms with Crippen molar-refractivity contribution in [1.29, 1.82) is 0 Å². The van der Waals surface area contributed by atoms with Gasteiger partial charge in [-0.1, -0.05) is 24.3 Å². The van der Waals surface area contributed by atoms with Crippen LogP contribution >= 0.6 is 0 Å². The molecule has 0 aliphatic heterocycles. The average molecular weight is 338 g/mol. The zero-order valence-electron chi connectivity index (χ0n) is 14.1. The lowest BCUT2D eigenvalue weighted by Crippen LogP contribution is -2.29. The van der Waals surface area contributed by atoms with Crippen molar-refractivity contribution >= 4 is 5.91 Å². The molecule has 0 spiro atoms. The van der Waals surface area contributed by atoms with Crippen LogP contribution in [-0.2, 0) is 6.54 Å². The first kappa shape index (κ1) is 16.8. The van der Waals surface area contributed by atoms with Crippen LogP contribution in [0.2, 0.25) is 0 Å². The summed E-state index contributed by atoms with van der Waals surface area (Å²) >= 11 is 0. The minimum atomic E-state index is -0.284. The van der Waals surface area contributed by atoms with Gasteiger partial charge in [0.25, 0.3) is 5.91 Å². The minimum Gasteiger partial charge on any atom is -0.335 e. The number of nitrogens with zero attached hydrogens (tertiary/aromatic N) is 4. The first-order chi connectivity index (χ1) is 12.0. The van der Waals surface area contributed by atoms with Crippen LogP contribution in [0.25, 0.3) is 0 Å². The van der Waals surface area contributed by atoms with Gasteiger partial charge in [0.2, 0.25) is 0 Å². The van der Waals surface area contributed by atoms with Crippen LogP contribution in [-0.4, -0.2) is 32.6 Å². The first-order valence-corrected chi connectivity index (χ1v) is 7.98. The maximum absolute atomic E-state index is 13.1. The molecular formula is C19H19FN4O. The molecule has 0 saturated heterocycles. The van der Waals surface area contributed by atoms with Crippen molar-refractivity contribution in [3.05, 3.63) is 83.7 Å². The van der Waals surface area contributed by atoms with Crippen LogP contribution in [0.5, 0.6) is 0 Å². The molecule has 1 aromatic heterocycles. The molecule has 0 aliphatic carbocycles. The number of halogens is 1. The summed E-state index contributed by atoms with van der Waals surface area (Å²) in [6.07, 6.45) is 3.14. The van der Waals surface area contributed by atoms with E-state index in [9.17, 15) is 9.18 Å². The summed E-state index contributed by atoms with van der Waals surface area (Å²) in [5.74, 6) is -0.364. The van der Waals surface area contributed by atoms with E-state index in [-0.39, 0.29) is 17.8 Å². The molecule has 1 heterocycles. The second kappa shape index (κ2) is 7.25. The Morgan fingerprint density at radius 2 is 1.84 bits per heavy atom. The second-order valence-electron chi connectivity index (χ2n) is 5.93. The molecule has 5 nitrogen and oxygen atoms in total. The van der Waals surface area contributed by atoms with Crippen LogP contribution in [0.4, 0.5) is 4.39 Å². The molecule has 0 saturated carbocycles. The molecule has 6 heteroatoms. The van der Waals surface area contributed by atoms with Gasteiger partial charge in [0, 0.05) is 12.6 Å². The zero-order valence-corrected chi connectivity index (χ0v) is 14.1. The van der Waals surface area contributed by atoms with Crippen molar-refractivity contribution in [2.75, 3.05) is 7.05 Å². The van der Waals surface area contributed by atoms with Crippen LogP contribution in [0.1, 0.15) is 34.5 Å². The first-order valence-electron chi connectivity index (χ1n) is 7.98. The van der Waals surface area contributed by atoms with Crippen molar-refractivity contribution < 1.29 is 9.18 Å². The lowest BCUT2D eigenvalue weighted by molar-refractivity contribution is 0.0742. The highest BCUT2D eigenvalue weighted by molar-refractivity contribution is 5.94. The number of amides is 1. The highest BCUT2D eigenvalue weighted by Crippen LogP contribution is 2.21. The fraction of sp³-hybridized carbons (Fsp3) is 0.211. The highest BCUT2D eigenvalue weighted by atomic mass is 19.1. The van der Waals surface area contributed by atoms with Crippen LogP contribution in [0, 0.1) is 5.82 Å². The Hall–Kier alpha value is -3.02. The van der Waals surface area contributed by atoms with E-state index >= 15 is 0 Å². The van der Waals surface area contributed by atoms with Crippen molar-refractivity contribution in [1.82, 2.24) is 19.7 Å². The number of carbonyl (C=O) groups excluding carboxylic acids is 1. The summed E-state index contributed by atoms with van der Waals surface area (Å²) in [6.45, 7) is 2.53. The van der Waals surface area contributed by atoms with Crippen molar-refractivity contribution in [3.8, 4) is 0 Å². The third kappa shape index (κ3) is 3.91. The standard InChI is InChI=1S/C19H19FN4O/c1-14(16-7-9-18(20)10-8-16)23(2)19(25)17-5-3-15(4-6-17)11-24-13-21-12-22-24/h3-10,12-14H,11H2,1-2H3. The van der Waals surface area contributed by atoms with Gasteiger partial charge in [0.15, 0.2) is 0 Å². The Labute approximate surface area is 145 Å². The molecule has 0 N–H and O–H groups in total. The number of carbonyl (C=O) groups is 1. The smallest absolute Gasteiger partial charge is 0.254 e. The van der Waals surface area contributed by atoms with Crippen molar-refractivity contribution in [2.45, 2.75) is 19.5 Å². The molecule has 3 rings (SSSR count). The summed E-state index contributed by atoms with van der Waals surface area (Å²) in [4.78, 5) is 18.2. The fourth-order valence-electron chi connectivity index (χ4n) is 2.60. The molecule has 1 unspecified atom stereocenters. The van der Waals surface area contributed by atoms with E-state index in [1.54, 1.807) is 35.1 Å². The van der Waals surface area contributed by atoms with E-state index in [2.05, 4.69) is 10.1 Å². The topological polar surface area (TPSA) is 51.0 Å². The summed E-state index contributed by atoms with van der Waals surface area (Å²) in [7, 11) is 1.75. The summed E-state index contributed by atoms with van der Waals surface area (Å²) < 4.78 is 14.8. The molecule has 0 radical (unpaired) electrons. The molecule has 25 heavy (non-hydrogen) atoms. The van der Waals surface area contributed by atoms with Crippen molar-refractivity contribution in [3.63, 3.8) is 0 Å². The molecule has 1 amide bonds. The Bertz CT molecular complexity index is 829. The number of hydrogen-bond acceptors (Lipinski definition) is 3. The molecule has 2 aromatic carbocycles. The third-order valence-electron chi connectivity index (χ3n) is 4.27. The van der Waals surface area contributed by atoms with E-state index in [1.807, 2.05) is 31.2 Å². The van der Waals surface area contributed by atoms with Gasteiger partial charge < -0.3 is 4.90 Å². The SMILES string of the molecule is CC(c1ccc(F)cc1)N(C)C(=O)c1ccc(Cn2cncn2)cc1. The molecule has 1 atom stereocenters. The number of hydrogen-bond donors (Lipinski definition) is 0. The zero-order chi connectivity index (χ0) is 17.8. The highest BCUT2D eigenvalue weighted by Gasteiger charge is 2.19. The van der Waals surface area contributed by atoms with Gasteiger partial charge >= 0.3 is 0 Å². The molecule has 3 aromatic rings. The van der Waals surface area contributed by atoms with Gasteiger partial charge in [-0.15, -0.1) is 0 Å². The predicted octanol–water partition coefficient (Wildman–Crippen LogP) is 3.30. The minimum absolute atomic E-state index is 0.0795. The largest absolute Gasteiger partial charge is 0.335 e. The number of aromatic nitrogens is 3. The maximum Gasteiger partial charge on any atom is 0.254 e. The fourth-order valence-corrected chi connectivity index (χ4v) is 2.60. The Balaban J connectivity index is 1.70. The maximum atomic E-state index is 13.1. The normalized spacial score (nSPS) is 12.0. The molecule has 0 fully saturated rings. The second-order valence-corrected chi connectivity index (χ2v) is 5.93. The summed E-state index contributed by atoms with van der Waals surface area (Å²) in [6, 6.07) is 13.5. The van der Waals surface area contributed by atoms with E-state index in [0.29, 0.717) is 12.1 Å². The Morgan fingerprint density at radius 1 is 1.16 bits per heavy atom. The van der Waals surface area contributed by atoms with Gasteiger partial charge in [-0.25, -0.2) is 14.1 Å². The number of rotatable bonds is 5. The van der Waals surface area contributed by atoms with Gasteiger partial charge in [0.1, 0.15) is 18.5 Å². The lowest BCUT2D eigenvalue weighted by atomic mass is 10.1. The molecule has 0 bridgehead atoms. The molecule has 128 valence electrons. The van der Waals surface area contributed by atoms with Crippen molar-refractivity contribution in [2.24, 2.45) is 0 Å². The van der Waals surface area contributed by atoms with E-state index in [0.717, 1.165) is 11.1 Å². The van der Waals surface area contributed by atoms with E-state index in [1.165, 1.54) is 18.5 Å². The monoisotopic (exact) mass is 338 g/mol. The van der Waals surface area contributed by atoms with E-state index < -0.39 is 0 Å². The summed E-state index contributed by atoms with van der Waals surface area (Å²) in [5, 5.41) is 4.06. The van der Waals surface area contributed by atoms with E-state index in [4.69, 9.17) is 0 Å². The molecule has 0 aliphatic rings. The quantitative estimate of drug-likeness (QED) is 0.717. The third-order valence-corrected chi connectivity index (χ3v) is 4.27. The Kier molecular flexibility index (Phi) is 4.88. The van der Waals surface area contributed by atoms with Crippen LogP contribution < -0.4 is 0 Å². The predicted molar refractivity (Wildman–Crippen MR) is 92.5 cm³/mol.